The molecule has 2 N–H and O–H groups in total. The molecule has 1 heterocycles. The Hall–Kier alpha value is -0.930. The van der Waals surface area contributed by atoms with Crippen LogP contribution < -0.4 is 5.73 Å². The molecule has 1 fully saturated rings. The van der Waals surface area contributed by atoms with E-state index >= 15 is 0 Å². The van der Waals surface area contributed by atoms with Gasteiger partial charge in [0.05, 0.1) is 0 Å². The maximum Gasteiger partial charge on any atom is 0.123 e. The maximum absolute atomic E-state index is 12.8. The van der Waals surface area contributed by atoms with Crippen LogP contribution in [0.5, 0.6) is 0 Å². The maximum atomic E-state index is 12.8. The van der Waals surface area contributed by atoms with Crippen LogP contribution in [0.25, 0.3) is 0 Å². The van der Waals surface area contributed by atoms with Crippen molar-refractivity contribution in [3.63, 3.8) is 0 Å². The average Bonchev–Trinajstić information content (AvgIpc) is 2.39. The first-order valence-electron chi connectivity index (χ1n) is 6.86. The fraction of sp³-hybridized carbons (Fsp3) is 0.600. The Bertz CT molecular complexity index is 363. The summed E-state index contributed by atoms with van der Waals surface area (Å²) in [5.74, 6) is 1.22. The number of piperidine rings is 1. The van der Waals surface area contributed by atoms with Gasteiger partial charge < -0.3 is 10.6 Å². The lowest BCUT2D eigenvalue weighted by Gasteiger charge is -2.36. The SMILES string of the molecule is CC1CCN(CCc2ccc(F)cc2)CC1CN. The predicted octanol–water partition coefficient (Wildman–Crippen LogP) is 2.28. The van der Waals surface area contributed by atoms with Crippen LogP contribution in [-0.2, 0) is 6.42 Å². The van der Waals surface area contributed by atoms with E-state index in [0.29, 0.717) is 5.92 Å². The molecule has 0 spiro atoms. The van der Waals surface area contributed by atoms with E-state index in [4.69, 9.17) is 5.73 Å². The fourth-order valence-corrected chi connectivity index (χ4v) is 2.67. The van der Waals surface area contributed by atoms with Crippen LogP contribution in [0.15, 0.2) is 24.3 Å². The van der Waals surface area contributed by atoms with Gasteiger partial charge in [0.1, 0.15) is 5.82 Å². The molecular weight excluding hydrogens is 227 g/mol. The van der Waals surface area contributed by atoms with Crippen LogP contribution in [-0.4, -0.2) is 31.1 Å². The number of hydrogen-bond donors (Lipinski definition) is 1. The Morgan fingerprint density at radius 3 is 2.72 bits per heavy atom. The number of hydrogen-bond acceptors (Lipinski definition) is 2. The molecule has 1 aromatic rings. The van der Waals surface area contributed by atoms with Gasteiger partial charge in [-0.25, -0.2) is 4.39 Å². The van der Waals surface area contributed by atoms with Crippen molar-refractivity contribution >= 4 is 0 Å². The van der Waals surface area contributed by atoms with Crippen molar-refractivity contribution in [2.75, 3.05) is 26.2 Å². The zero-order valence-electron chi connectivity index (χ0n) is 11.1. The molecule has 3 heteroatoms. The third kappa shape index (κ3) is 3.53. The second kappa shape index (κ2) is 6.30. The van der Waals surface area contributed by atoms with Crippen molar-refractivity contribution in [3.05, 3.63) is 35.6 Å². The highest BCUT2D eigenvalue weighted by molar-refractivity contribution is 5.16. The Morgan fingerprint density at radius 2 is 2.06 bits per heavy atom. The van der Waals surface area contributed by atoms with Crippen molar-refractivity contribution in [2.45, 2.75) is 19.8 Å². The van der Waals surface area contributed by atoms with Crippen LogP contribution in [0, 0.1) is 17.7 Å². The average molecular weight is 250 g/mol. The summed E-state index contributed by atoms with van der Waals surface area (Å²) in [6, 6.07) is 6.83. The molecule has 0 amide bonds. The summed E-state index contributed by atoms with van der Waals surface area (Å²) < 4.78 is 12.8. The third-order valence-corrected chi connectivity index (χ3v) is 4.13. The second-order valence-electron chi connectivity index (χ2n) is 5.44. The first kappa shape index (κ1) is 13.5. The fourth-order valence-electron chi connectivity index (χ4n) is 2.67. The minimum atomic E-state index is -0.159. The number of likely N-dealkylation sites (tertiary alicyclic amines) is 1. The number of benzene rings is 1. The molecule has 0 bridgehead atoms. The van der Waals surface area contributed by atoms with Crippen LogP contribution in [0.2, 0.25) is 0 Å². The van der Waals surface area contributed by atoms with Gasteiger partial charge in [-0.1, -0.05) is 19.1 Å². The van der Waals surface area contributed by atoms with E-state index in [1.807, 2.05) is 12.1 Å². The van der Waals surface area contributed by atoms with E-state index < -0.39 is 0 Å². The monoisotopic (exact) mass is 250 g/mol. The molecule has 2 rings (SSSR count). The lowest BCUT2D eigenvalue weighted by atomic mass is 9.87. The van der Waals surface area contributed by atoms with Gasteiger partial charge in [0, 0.05) is 13.1 Å². The summed E-state index contributed by atoms with van der Waals surface area (Å²) in [5.41, 5.74) is 7.02. The molecule has 2 unspecified atom stereocenters. The molecule has 100 valence electrons. The third-order valence-electron chi connectivity index (χ3n) is 4.13. The summed E-state index contributed by atoms with van der Waals surface area (Å²) in [7, 11) is 0. The summed E-state index contributed by atoms with van der Waals surface area (Å²) in [6.45, 7) is 6.41. The minimum absolute atomic E-state index is 0.159. The number of rotatable bonds is 4. The molecule has 1 aliphatic rings. The lowest BCUT2D eigenvalue weighted by Crippen LogP contribution is -2.43. The molecule has 1 saturated heterocycles. The number of nitrogens with zero attached hydrogens (tertiary/aromatic N) is 1. The van der Waals surface area contributed by atoms with Crippen molar-refractivity contribution in [3.8, 4) is 0 Å². The largest absolute Gasteiger partial charge is 0.330 e. The smallest absolute Gasteiger partial charge is 0.123 e. The normalized spacial score (nSPS) is 25.3. The summed E-state index contributed by atoms with van der Waals surface area (Å²) in [6.07, 6.45) is 2.23. The zero-order valence-corrected chi connectivity index (χ0v) is 11.1. The lowest BCUT2D eigenvalue weighted by molar-refractivity contribution is 0.133. The van der Waals surface area contributed by atoms with E-state index in [0.717, 1.165) is 32.0 Å². The second-order valence-corrected chi connectivity index (χ2v) is 5.44. The van der Waals surface area contributed by atoms with Crippen molar-refractivity contribution in [1.29, 1.82) is 0 Å². The van der Waals surface area contributed by atoms with Gasteiger partial charge in [-0.3, -0.25) is 0 Å². The van der Waals surface area contributed by atoms with E-state index in [2.05, 4.69) is 11.8 Å². The Labute approximate surface area is 109 Å². The van der Waals surface area contributed by atoms with Crippen molar-refractivity contribution < 1.29 is 4.39 Å². The zero-order chi connectivity index (χ0) is 13.0. The van der Waals surface area contributed by atoms with Crippen molar-refractivity contribution in [2.24, 2.45) is 17.6 Å². The molecule has 0 saturated carbocycles. The minimum Gasteiger partial charge on any atom is -0.330 e. The van der Waals surface area contributed by atoms with Gasteiger partial charge in [-0.05, 0) is 55.5 Å². The number of halogens is 1. The first-order valence-corrected chi connectivity index (χ1v) is 6.86. The highest BCUT2D eigenvalue weighted by atomic mass is 19.1. The van der Waals surface area contributed by atoms with Crippen LogP contribution in [0.1, 0.15) is 18.9 Å². The Kier molecular flexibility index (Phi) is 4.72. The molecule has 18 heavy (non-hydrogen) atoms. The molecule has 1 aromatic carbocycles. The van der Waals surface area contributed by atoms with Gasteiger partial charge in [0.25, 0.3) is 0 Å². The standard InChI is InChI=1S/C15H23FN2/c1-12-6-8-18(11-14(12)10-17)9-7-13-2-4-15(16)5-3-13/h2-5,12,14H,6-11,17H2,1H3. The topological polar surface area (TPSA) is 29.3 Å². The van der Waals surface area contributed by atoms with Crippen LogP contribution in [0.3, 0.4) is 0 Å². The van der Waals surface area contributed by atoms with E-state index in [9.17, 15) is 4.39 Å². The number of nitrogens with two attached hydrogens (primary N) is 1. The van der Waals surface area contributed by atoms with Crippen LogP contribution >= 0.6 is 0 Å². The molecule has 2 atom stereocenters. The van der Waals surface area contributed by atoms with Gasteiger partial charge in [-0.15, -0.1) is 0 Å². The first-order chi connectivity index (χ1) is 8.69. The quantitative estimate of drug-likeness (QED) is 0.888. The molecular formula is C15H23FN2. The molecule has 0 aliphatic carbocycles. The van der Waals surface area contributed by atoms with Gasteiger partial charge >= 0.3 is 0 Å². The summed E-state index contributed by atoms with van der Waals surface area (Å²) >= 11 is 0. The predicted molar refractivity (Wildman–Crippen MR) is 72.9 cm³/mol. The van der Waals surface area contributed by atoms with E-state index in [1.54, 1.807) is 0 Å². The molecule has 1 aliphatic heterocycles. The highest BCUT2D eigenvalue weighted by Crippen LogP contribution is 2.22. The van der Waals surface area contributed by atoms with Crippen LogP contribution in [0.4, 0.5) is 4.39 Å². The summed E-state index contributed by atoms with van der Waals surface area (Å²) in [4.78, 5) is 2.49. The van der Waals surface area contributed by atoms with E-state index in [-0.39, 0.29) is 5.82 Å². The molecule has 2 nitrogen and oxygen atoms in total. The molecule has 0 radical (unpaired) electrons. The van der Waals surface area contributed by atoms with Crippen molar-refractivity contribution in [1.82, 2.24) is 4.90 Å². The summed E-state index contributed by atoms with van der Waals surface area (Å²) in [5, 5.41) is 0. The van der Waals surface area contributed by atoms with Gasteiger partial charge in [-0.2, -0.15) is 0 Å². The Balaban J connectivity index is 1.81. The Morgan fingerprint density at radius 1 is 1.33 bits per heavy atom. The van der Waals surface area contributed by atoms with E-state index in [1.165, 1.54) is 30.7 Å². The highest BCUT2D eigenvalue weighted by Gasteiger charge is 2.24. The van der Waals surface area contributed by atoms with Gasteiger partial charge in [0.2, 0.25) is 0 Å². The molecule has 0 aromatic heterocycles. The van der Waals surface area contributed by atoms with Gasteiger partial charge in [0.15, 0.2) is 0 Å².